The maximum atomic E-state index is 11.4. The quantitative estimate of drug-likeness (QED) is 0.589. The van der Waals surface area contributed by atoms with Crippen molar-refractivity contribution in [1.29, 1.82) is 0 Å². The Kier molecular flexibility index (Phi) is 2.93. The fraction of sp³-hybridized carbons (Fsp3) is 0.600. The molecular formula is C10H15N3O3. The van der Waals surface area contributed by atoms with Crippen LogP contribution in [0.4, 0.5) is 5.82 Å². The number of aliphatic hydroxyl groups excluding tert-OH is 2. The zero-order valence-electron chi connectivity index (χ0n) is 8.78. The lowest BCUT2D eigenvalue weighted by Crippen LogP contribution is -2.24. The Balaban J connectivity index is 2.08. The molecule has 4 N–H and O–H groups in total. The van der Waals surface area contributed by atoms with Gasteiger partial charge in [0.15, 0.2) is 0 Å². The van der Waals surface area contributed by atoms with E-state index in [1.807, 2.05) is 0 Å². The summed E-state index contributed by atoms with van der Waals surface area (Å²) < 4.78 is 1.46. The van der Waals surface area contributed by atoms with Gasteiger partial charge >= 0.3 is 5.69 Å². The second-order valence-electron chi connectivity index (χ2n) is 4.14. The molecule has 0 aliphatic heterocycles. The van der Waals surface area contributed by atoms with Gasteiger partial charge in [-0.05, 0) is 23.8 Å². The van der Waals surface area contributed by atoms with E-state index in [4.69, 9.17) is 15.9 Å². The molecule has 0 radical (unpaired) electrons. The molecule has 1 saturated carbocycles. The van der Waals surface area contributed by atoms with Crippen LogP contribution in [-0.2, 0) is 6.54 Å². The number of nitrogens with two attached hydrogens (primary N) is 1. The van der Waals surface area contributed by atoms with Crippen LogP contribution in [0.25, 0.3) is 0 Å². The van der Waals surface area contributed by atoms with Gasteiger partial charge in [-0.3, -0.25) is 4.57 Å². The van der Waals surface area contributed by atoms with E-state index in [9.17, 15) is 4.79 Å². The summed E-state index contributed by atoms with van der Waals surface area (Å²) in [5.41, 5.74) is 4.99. The van der Waals surface area contributed by atoms with Gasteiger partial charge in [0.2, 0.25) is 0 Å². The van der Waals surface area contributed by atoms with Crippen molar-refractivity contribution in [3.05, 3.63) is 22.7 Å². The van der Waals surface area contributed by atoms with Gasteiger partial charge < -0.3 is 15.9 Å². The maximum absolute atomic E-state index is 11.4. The molecule has 1 fully saturated rings. The van der Waals surface area contributed by atoms with Crippen LogP contribution < -0.4 is 11.4 Å². The van der Waals surface area contributed by atoms with Gasteiger partial charge in [0, 0.05) is 26.0 Å². The molecule has 2 rings (SSSR count). The number of anilines is 1. The van der Waals surface area contributed by atoms with Crippen molar-refractivity contribution in [2.45, 2.75) is 6.54 Å². The van der Waals surface area contributed by atoms with Gasteiger partial charge in [-0.25, -0.2) is 4.79 Å². The average Bonchev–Trinajstić information content (AvgIpc) is 2.94. The molecule has 0 spiro atoms. The lowest BCUT2D eigenvalue weighted by molar-refractivity contribution is 0.232. The summed E-state index contributed by atoms with van der Waals surface area (Å²) in [6.07, 6.45) is 1.59. The van der Waals surface area contributed by atoms with Gasteiger partial charge in [-0.15, -0.1) is 0 Å². The lowest BCUT2D eigenvalue weighted by atomic mass is 10.3. The molecule has 2 atom stereocenters. The summed E-state index contributed by atoms with van der Waals surface area (Å²) >= 11 is 0. The number of aliphatic hydroxyl groups is 2. The summed E-state index contributed by atoms with van der Waals surface area (Å²) in [5.74, 6) is 0.538. The summed E-state index contributed by atoms with van der Waals surface area (Å²) in [6, 6.07) is 1.56. The Labute approximate surface area is 92.4 Å². The molecule has 1 aliphatic rings. The second-order valence-corrected chi connectivity index (χ2v) is 4.14. The molecule has 1 aromatic heterocycles. The Bertz CT molecular complexity index is 422. The average molecular weight is 225 g/mol. The number of nitrogens with zero attached hydrogens (tertiary/aromatic N) is 2. The van der Waals surface area contributed by atoms with Crippen LogP contribution in [0.1, 0.15) is 0 Å². The molecule has 1 heterocycles. The van der Waals surface area contributed by atoms with Gasteiger partial charge in [0.05, 0.1) is 0 Å². The Morgan fingerprint density at radius 1 is 1.31 bits per heavy atom. The van der Waals surface area contributed by atoms with Gasteiger partial charge in [-0.2, -0.15) is 4.98 Å². The van der Waals surface area contributed by atoms with E-state index in [0.717, 1.165) is 0 Å². The first-order valence-corrected chi connectivity index (χ1v) is 5.22. The predicted molar refractivity (Wildman–Crippen MR) is 57.6 cm³/mol. The molecular weight excluding hydrogens is 210 g/mol. The minimum Gasteiger partial charge on any atom is -0.396 e. The molecule has 0 saturated heterocycles. The van der Waals surface area contributed by atoms with Crippen molar-refractivity contribution in [2.24, 2.45) is 17.8 Å². The van der Waals surface area contributed by atoms with E-state index in [-0.39, 0.29) is 42.5 Å². The number of aromatic nitrogens is 2. The minimum atomic E-state index is -0.389. The lowest BCUT2D eigenvalue weighted by Gasteiger charge is -2.03. The van der Waals surface area contributed by atoms with Crippen molar-refractivity contribution in [3.8, 4) is 0 Å². The number of hydrogen-bond acceptors (Lipinski definition) is 5. The van der Waals surface area contributed by atoms with Crippen molar-refractivity contribution in [1.82, 2.24) is 9.55 Å². The zero-order chi connectivity index (χ0) is 11.7. The molecule has 0 unspecified atom stereocenters. The van der Waals surface area contributed by atoms with Crippen LogP contribution in [0.5, 0.6) is 0 Å². The molecule has 0 aromatic carbocycles. The molecule has 88 valence electrons. The predicted octanol–water partition coefficient (Wildman–Crippen LogP) is -1.33. The van der Waals surface area contributed by atoms with Crippen LogP contribution in [0, 0.1) is 17.8 Å². The van der Waals surface area contributed by atoms with Gasteiger partial charge in [0.1, 0.15) is 5.82 Å². The third-order valence-corrected chi connectivity index (χ3v) is 3.23. The van der Waals surface area contributed by atoms with E-state index in [1.54, 1.807) is 12.3 Å². The molecule has 1 aromatic rings. The highest BCUT2D eigenvalue weighted by Crippen LogP contribution is 2.46. The molecule has 1 aliphatic carbocycles. The van der Waals surface area contributed by atoms with Gasteiger partial charge in [-0.1, -0.05) is 0 Å². The largest absolute Gasteiger partial charge is 0.396 e. The fourth-order valence-corrected chi connectivity index (χ4v) is 2.14. The van der Waals surface area contributed by atoms with Crippen LogP contribution >= 0.6 is 0 Å². The molecule has 16 heavy (non-hydrogen) atoms. The summed E-state index contributed by atoms with van der Waals surface area (Å²) in [6.45, 7) is 0.572. The normalized spacial score (nSPS) is 28.0. The molecule has 0 bridgehead atoms. The highest BCUT2D eigenvalue weighted by molar-refractivity contribution is 5.23. The minimum absolute atomic E-state index is 0.0487. The Morgan fingerprint density at radius 3 is 2.44 bits per heavy atom. The Hall–Kier alpha value is -1.40. The van der Waals surface area contributed by atoms with E-state index in [2.05, 4.69) is 4.98 Å². The summed E-state index contributed by atoms with van der Waals surface area (Å²) in [4.78, 5) is 15.1. The first kappa shape index (κ1) is 11.1. The van der Waals surface area contributed by atoms with Crippen LogP contribution in [-0.4, -0.2) is 33.0 Å². The summed E-state index contributed by atoms with van der Waals surface area (Å²) in [7, 11) is 0. The zero-order valence-corrected chi connectivity index (χ0v) is 8.78. The van der Waals surface area contributed by atoms with Crippen molar-refractivity contribution >= 4 is 5.82 Å². The van der Waals surface area contributed by atoms with Crippen molar-refractivity contribution in [3.63, 3.8) is 0 Å². The van der Waals surface area contributed by atoms with Crippen molar-refractivity contribution in [2.75, 3.05) is 18.9 Å². The molecule has 6 heteroatoms. The van der Waals surface area contributed by atoms with Crippen LogP contribution in [0.3, 0.4) is 0 Å². The third-order valence-electron chi connectivity index (χ3n) is 3.23. The number of nitrogen functional groups attached to an aromatic ring is 1. The maximum Gasteiger partial charge on any atom is 0.349 e. The molecule has 6 nitrogen and oxygen atoms in total. The highest BCUT2D eigenvalue weighted by atomic mass is 16.3. The van der Waals surface area contributed by atoms with E-state index in [0.29, 0.717) is 6.54 Å². The highest BCUT2D eigenvalue weighted by Gasteiger charge is 2.48. The monoisotopic (exact) mass is 225 g/mol. The summed E-state index contributed by atoms with van der Waals surface area (Å²) in [5, 5.41) is 18.1. The topological polar surface area (TPSA) is 101 Å². The molecule has 0 amide bonds. The number of hydrogen-bond donors (Lipinski definition) is 3. The number of rotatable bonds is 4. The Morgan fingerprint density at radius 2 is 1.94 bits per heavy atom. The first-order chi connectivity index (χ1) is 7.67. The van der Waals surface area contributed by atoms with Crippen LogP contribution in [0.15, 0.2) is 17.1 Å². The van der Waals surface area contributed by atoms with E-state index >= 15 is 0 Å². The standard InChI is InChI=1S/C10H15N3O3/c11-9-1-2-13(10(16)12-9)3-6-7(4-14)8(6)5-15/h1-2,6-8,14-15H,3-5H2,(H2,11,12,16)/t7-,8-/m0/s1. The van der Waals surface area contributed by atoms with E-state index < -0.39 is 0 Å². The van der Waals surface area contributed by atoms with E-state index in [1.165, 1.54) is 4.57 Å². The van der Waals surface area contributed by atoms with Crippen LogP contribution in [0.2, 0.25) is 0 Å². The first-order valence-electron chi connectivity index (χ1n) is 5.22. The SMILES string of the molecule is Nc1ccn(CC2[C@H](CO)[C@H]2CO)c(=O)n1. The third kappa shape index (κ3) is 1.94. The van der Waals surface area contributed by atoms with Gasteiger partial charge in [0.25, 0.3) is 0 Å². The fourth-order valence-electron chi connectivity index (χ4n) is 2.14. The van der Waals surface area contributed by atoms with Crippen molar-refractivity contribution < 1.29 is 10.2 Å². The second kappa shape index (κ2) is 4.23. The smallest absolute Gasteiger partial charge is 0.349 e.